The first-order valence-corrected chi connectivity index (χ1v) is 5.94. The summed E-state index contributed by atoms with van der Waals surface area (Å²) >= 11 is 0. The van der Waals surface area contributed by atoms with Crippen LogP contribution in [0, 0.1) is 0 Å². The molecule has 1 aliphatic rings. The number of aromatic amines is 1. The number of rotatable bonds is 1. The van der Waals surface area contributed by atoms with Crippen LogP contribution >= 0.6 is 0 Å². The molecular formula is C13H13F3N2. The predicted octanol–water partition coefficient (Wildman–Crippen LogP) is 3.31. The molecule has 2 N–H and O–H groups in total. The first-order chi connectivity index (χ1) is 8.54. The number of para-hydroxylation sites is 1. The quantitative estimate of drug-likeness (QED) is 0.802. The first-order valence-electron chi connectivity index (χ1n) is 5.94. The van der Waals surface area contributed by atoms with E-state index in [0.29, 0.717) is 12.2 Å². The molecule has 0 saturated carbocycles. The predicted molar refractivity (Wildman–Crippen MR) is 63.4 cm³/mol. The lowest BCUT2D eigenvalue weighted by Crippen LogP contribution is -2.33. The number of H-pyrrole nitrogens is 1. The summed E-state index contributed by atoms with van der Waals surface area (Å²) in [6.07, 6.45) is -4.20. The van der Waals surface area contributed by atoms with E-state index < -0.39 is 18.6 Å². The maximum Gasteiger partial charge on any atom is 0.390 e. The van der Waals surface area contributed by atoms with E-state index in [1.54, 1.807) is 0 Å². The van der Waals surface area contributed by atoms with Gasteiger partial charge in [0.2, 0.25) is 0 Å². The van der Waals surface area contributed by atoms with Gasteiger partial charge < -0.3 is 10.3 Å². The largest absolute Gasteiger partial charge is 0.390 e. The highest BCUT2D eigenvalue weighted by molar-refractivity contribution is 5.85. The van der Waals surface area contributed by atoms with E-state index in [0.717, 1.165) is 22.9 Å². The zero-order chi connectivity index (χ0) is 12.8. The number of hydrogen-bond donors (Lipinski definition) is 2. The van der Waals surface area contributed by atoms with Crippen molar-refractivity contribution in [2.45, 2.75) is 25.1 Å². The van der Waals surface area contributed by atoms with Gasteiger partial charge in [0.1, 0.15) is 0 Å². The van der Waals surface area contributed by atoms with Crippen LogP contribution in [0.25, 0.3) is 10.9 Å². The van der Waals surface area contributed by atoms with Crippen molar-refractivity contribution in [1.82, 2.24) is 10.3 Å². The van der Waals surface area contributed by atoms with Gasteiger partial charge in [-0.2, -0.15) is 13.2 Å². The van der Waals surface area contributed by atoms with Gasteiger partial charge in [-0.25, -0.2) is 0 Å². The van der Waals surface area contributed by atoms with Crippen LogP contribution < -0.4 is 5.32 Å². The van der Waals surface area contributed by atoms with Crippen LogP contribution in [0.2, 0.25) is 0 Å². The SMILES string of the molecule is FC(F)(F)C[C@@H]1NCCc2c1[nH]c1ccccc21. The van der Waals surface area contributed by atoms with Crippen LogP contribution in [0.4, 0.5) is 13.2 Å². The summed E-state index contributed by atoms with van der Waals surface area (Å²) < 4.78 is 37.6. The van der Waals surface area contributed by atoms with Gasteiger partial charge in [-0.1, -0.05) is 18.2 Å². The molecule has 1 aromatic carbocycles. The Labute approximate surface area is 102 Å². The van der Waals surface area contributed by atoms with E-state index in [1.807, 2.05) is 24.3 Å². The molecule has 0 aliphatic carbocycles. The van der Waals surface area contributed by atoms with Crippen molar-refractivity contribution in [3.05, 3.63) is 35.5 Å². The first kappa shape index (κ1) is 11.6. The van der Waals surface area contributed by atoms with Crippen molar-refractivity contribution >= 4 is 10.9 Å². The van der Waals surface area contributed by atoms with E-state index in [2.05, 4.69) is 10.3 Å². The molecule has 0 amide bonds. The lowest BCUT2D eigenvalue weighted by molar-refractivity contribution is -0.140. The number of aromatic nitrogens is 1. The maximum absolute atomic E-state index is 12.5. The van der Waals surface area contributed by atoms with Gasteiger partial charge in [-0.3, -0.25) is 0 Å². The van der Waals surface area contributed by atoms with E-state index in [1.165, 1.54) is 0 Å². The minimum Gasteiger partial charge on any atom is -0.357 e. The highest BCUT2D eigenvalue weighted by atomic mass is 19.4. The Hall–Kier alpha value is -1.49. The highest BCUT2D eigenvalue weighted by Gasteiger charge is 2.35. The standard InChI is InChI=1S/C13H13F3N2/c14-13(15,16)7-11-12-9(5-6-17-11)8-3-1-2-4-10(8)18-12/h1-4,11,17-18H,5-7H2/t11-/m0/s1. The smallest absolute Gasteiger partial charge is 0.357 e. The topological polar surface area (TPSA) is 27.8 Å². The van der Waals surface area contributed by atoms with Crippen LogP contribution in [0.5, 0.6) is 0 Å². The van der Waals surface area contributed by atoms with E-state index in [9.17, 15) is 13.2 Å². The third-order valence-electron chi connectivity index (χ3n) is 3.40. The third kappa shape index (κ3) is 1.99. The number of halogens is 3. The molecule has 18 heavy (non-hydrogen) atoms. The van der Waals surface area contributed by atoms with Gasteiger partial charge in [0.05, 0.1) is 12.5 Å². The Morgan fingerprint density at radius 2 is 2.00 bits per heavy atom. The van der Waals surface area contributed by atoms with Crippen LogP contribution in [-0.4, -0.2) is 17.7 Å². The van der Waals surface area contributed by atoms with Crippen molar-refractivity contribution < 1.29 is 13.2 Å². The van der Waals surface area contributed by atoms with Crippen molar-refractivity contribution in [1.29, 1.82) is 0 Å². The molecule has 0 radical (unpaired) electrons. The second kappa shape index (κ2) is 4.02. The summed E-state index contributed by atoms with van der Waals surface area (Å²) in [5, 5.41) is 3.98. The number of fused-ring (bicyclic) bond motifs is 3. The molecule has 2 heterocycles. The lowest BCUT2D eigenvalue weighted by atomic mass is 9.97. The monoisotopic (exact) mass is 254 g/mol. The van der Waals surface area contributed by atoms with Gasteiger partial charge in [0, 0.05) is 16.6 Å². The second-order valence-electron chi connectivity index (χ2n) is 4.64. The Bertz CT molecular complexity index is 571. The average molecular weight is 254 g/mol. The second-order valence-corrected chi connectivity index (χ2v) is 4.64. The highest BCUT2D eigenvalue weighted by Crippen LogP contribution is 2.35. The fourth-order valence-electron chi connectivity index (χ4n) is 2.67. The van der Waals surface area contributed by atoms with Gasteiger partial charge >= 0.3 is 6.18 Å². The molecule has 0 bridgehead atoms. The Balaban J connectivity index is 2.05. The molecular weight excluding hydrogens is 241 g/mol. The molecule has 1 atom stereocenters. The summed E-state index contributed by atoms with van der Waals surface area (Å²) in [5.41, 5.74) is 2.64. The summed E-state index contributed by atoms with van der Waals surface area (Å²) in [6.45, 7) is 0.593. The molecule has 3 rings (SSSR count). The number of alkyl halides is 3. The molecule has 96 valence electrons. The van der Waals surface area contributed by atoms with Crippen molar-refractivity contribution in [3.8, 4) is 0 Å². The van der Waals surface area contributed by atoms with Gasteiger partial charge in [-0.05, 0) is 24.6 Å². The van der Waals surface area contributed by atoms with Crippen LogP contribution in [0.1, 0.15) is 23.7 Å². The van der Waals surface area contributed by atoms with Crippen molar-refractivity contribution in [2.75, 3.05) is 6.54 Å². The number of nitrogens with one attached hydrogen (secondary N) is 2. The fourth-order valence-corrected chi connectivity index (χ4v) is 2.67. The minimum atomic E-state index is -4.15. The van der Waals surface area contributed by atoms with Crippen LogP contribution in [0.3, 0.4) is 0 Å². The summed E-state index contributed by atoms with van der Waals surface area (Å²) in [5.74, 6) is 0. The fraction of sp³-hybridized carbons (Fsp3) is 0.385. The summed E-state index contributed by atoms with van der Waals surface area (Å²) in [4.78, 5) is 3.13. The molecule has 1 aliphatic heterocycles. The van der Waals surface area contributed by atoms with E-state index in [-0.39, 0.29) is 0 Å². The Kier molecular flexibility index (Phi) is 2.59. The summed E-state index contributed by atoms with van der Waals surface area (Å²) in [6, 6.07) is 7.01. The zero-order valence-corrected chi connectivity index (χ0v) is 9.64. The molecule has 2 nitrogen and oxygen atoms in total. The Morgan fingerprint density at radius 1 is 1.22 bits per heavy atom. The average Bonchev–Trinajstić information content (AvgIpc) is 2.67. The normalized spacial score (nSPS) is 20.1. The van der Waals surface area contributed by atoms with E-state index >= 15 is 0 Å². The lowest BCUT2D eigenvalue weighted by Gasteiger charge is -2.25. The van der Waals surface area contributed by atoms with Crippen LogP contribution in [0.15, 0.2) is 24.3 Å². The number of hydrogen-bond acceptors (Lipinski definition) is 1. The molecule has 0 saturated heterocycles. The number of benzene rings is 1. The van der Waals surface area contributed by atoms with Gasteiger partial charge in [-0.15, -0.1) is 0 Å². The molecule has 0 fully saturated rings. The zero-order valence-electron chi connectivity index (χ0n) is 9.64. The van der Waals surface area contributed by atoms with Gasteiger partial charge in [0.15, 0.2) is 0 Å². The van der Waals surface area contributed by atoms with Gasteiger partial charge in [0.25, 0.3) is 0 Å². The molecule has 0 spiro atoms. The third-order valence-corrected chi connectivity index (χ3v) is 3.40. The Morgan fingerprint density at radius 3 is 2.78 bits per heavy atom. The van der Waals surface area contributed by atoms with Crippen molar-refractivity contribution in [3.63, 3.8) is 0 Å². The molecule has 1 aromatic heterocycles. The molecule has 5 heteroatoms. The van der Waals surface area contributed by atoms with Crippen LogP contribution in [-0.2, 0) is 6.42 Å². The summed E-state index contributed by atoms with van der Waals surface area (Å²) in [7, 11) is 0. The minimum absolute atomic E-state index is 0.593. The molecule has 2 aromatic rings. The van der Waals surface area contributed by atoms with Crippen molar-refractivity contribution in [2.24, 2.45) is 0 Å². The van der Waals surface area contributed by atoms with E-state index in [4.69, 9.17) is 0 Å². The molecule has 0 unspecified atom stereocenters. The maximum atomic E-state index is 12.5.